The van der Waals surface area contributed by atoms with Gasteiger partial charge in [0.25, 0.3) is 5.91 Å². The van der Waals surface area contributed by atoms with E-state index in [1.807, 2.05) is 37.6 Å². The number of nitrogens with one attached hydrogen (secondary N) is 2. The minimum absolute atomic E-state index is 0.118. The Balaban J connectivity index is 1.72. The minimum atomic E-state index is -0.118. The summed E-state index contributed by atoms with van der Waals surface area (Å²) in [6.07, 6.45) is 2.64. The highest BCUT2D eigenvalue weighted by atomic mass is 16.3. The van der Waals surface area contributed by atoms with Crippen LogP contribution in [-0.4, -0.2) is 24.1 Å². The van der Waals surface area contributed by atoms with Crippen molar-refractivity contribution in [1.29, 1.82) is 5.26 Å². The first kappa shape index (κ1) is 21.4. The third-order valence-electron chi connectivity index (χ3n) is 5.49. The fraction of sp³-hybridized carbons (Fsp3) is 0.333. The largest absolute Gasteiger partial charge is 0.467 e. The Labute approximate surface area is 177 Å². The highest BCUT2D eigenvalue weighted by molar-refractivity contribution is 5.92. The number of quaternary nitrogens is 1. The molecule has 1 aromatic carbocycles. The first-order valence-corrected chi connectivity index (χ1v) is 10.2. The molecule has 30 heavy (non-hydrogen) atoms. The van der Waals surface area contributed by atoms with Crippen molar-refractivity contribution in [3.05, 3.63) is 76.4 Å². The zero-order chi connectivity index (χ0) is 21.7. The topological polar surface area (TPSA) is 75.4 Å². The van der Waals surface area contributed by atoms with Crippen LogP contribution in [0.4, 0.5) is 5.82 Å². The van der Waals surface area contributed by atoms with Gasteiger partial charge >= 0.3 is 0 Å². The summed E-state index contributed by atoms with van der Waals surface area (Å²) in [6.45, 7) is 7.52. The van der Waals surface area contributed by atoms with E-state index in [2.05, 4.69) is 42.6 Å². The number of benzene rings is 1. The molecule has 156 valence electrons. The second-order valence-electron chi connectivity index (χ2n) is 7.74. The molecule has 1 amide bonds. The average Bonchev–Trinajstić information content (AvgIpc) is 3.31. The van der Waals surface area contributed by atoms with Crippen molar-refractivity contribution in [3.8, 4) is 6.07 Å². The third kappa shape index (κ3) is 4.81. The molecule has 2 heterocycles. The van der Waals surface area contributed by atoms with Crippen LogP contribution in [0, 0.1) is 25.2 Å². The monoisotopic (exact) mass is 405 g/mol. The van der Waals surface area contributed by atoms with Gasteiger partial charge in [0.2, 0.25) is 0 Å². The minimum Gasteiger partial charge on any atom is -0.467 e. The van der Waals surface area contributed by atoms with E-state index >= 15 is 0 Å². The second kappa shape index (κ2) is 9.47. The predicted molar refractivity (Wildman–Crippen MR) is 116 cm³/mol. The van der Waals surface area contributed by atoms with Gasteiger partial charge in [-0.05, 0) is 43.5 Å². The number of hydrogen-bond acceptors (Lipinski definition) is 3. The van der Waals surface area contributed by atoms with E-state index < -0.39 is 0 Å². The molecule has 2 N–H and O–H groups in total. The van der Waals surface area contributed by atoms with E-state index in [1.165, 1.54) is 11.1 Å². The zero-order valence-electron chi connectivity index (χ0n) is 18.1. The molecule has 0 fully saturated rings. The van der Waals surface area contributed by atoms with E-state index in [9.17, 15) is 10.1 Å². The number of furan rings is 1. The molecule has 3 rings (SSSR count). The molecule has 0 aliphatic rings. The molecule has 6 nitrogen and oxygen atoms in total. The van der Waals surface area contributed by atoms with Crippen LogP contribution in [-0.2, 0) is 24.3 Å². The normalized spacial score (nSPS) is 11.8. The van der Waals surface area contributed by atoms with Crippen LogP contribution in [0.1, 0.15) is 40.6 Å². The summed E-state index contributed by atoms with van der Waals surface area (Å²) in [7, 11) is 2.00. The Kier molecular flexibility index (Phi) is 6.76. The lowest BCUT2D eigenvalue weighted by Crippen LogP contribution is -3.08. The number of nitrogens with zero attached hydrogens (tertiary/aromatic N) is 2. The number of rotatable bonds is 8. The van der Waals surface area contributed by atoms with Crippen molar-refractivity contribution in [2.45, 2.75) is 40.3 Å². The molecule has 0 radical (unpaired) electrons. The Morgan fingerprint density at radius 3 is 2.50 bits per heavy atom. The van der Waals surface area contributed by atoms with E-state index in [-0.39, 0.29) is 5.91 Å². The lowest BCUT2D eigenvalue weighted by molar-refractivity contribution is -0.885. The highest BCUT2D eigenvalue weighted by Crippen LogP contribution is 2.27. The molecule has 0 spiro atoms. The Hall–Kier alpha value is -3.30. The number of aromatic nitrogens is 1. The lowest BCUT2D eigenvalue weighted by atomic mass is 10.1. The molecule has 0 saturated heterocycles. The third-order valence-corrected chi connectivity index (χ3v) is 5.49. The molecule has 2 aromatic heterocycles. The van der Waals surface area contributed by atoms with Crippen molar-refractivity contribution in [2.24, 2.45) is 0 Å². The fourth-order valence-corrected chi connectivity index (χ4v) is 3.64. The first-order valence-electron chi connectivity index (χ1n) is 10.2. The maximum atomic E-state index is 12.8. The maximum absolute atomic E-state index is 12.8. The molecule has 6 heteroatoms. The average molecular weight is 406 g/mol. The molecule has 0 bridgehead atoms. The van der Waals surface area contributed by atoms with Crippen molar-refractivity contribution >= 4 is 11.7 Å². The van der Waals surface area contributed by atoms with Crippen LogP contribution in [0.3, 0.4) is 0 Å². The summed E-state index contributed by atoms with van der Waals surface area (Å²) in [5, 5.41) is 12.6. The number of amides is 1. The van der Waals surface area contributed by atoms with Gasteiger partial charge in [0.15, 0.2) is 6.54 Å². The highest BCUT2D eigenvalue weighted by Gasteiger charge is 2.21. The van der Waals surface area contributed by atoms with Gasteiger partial charge in [-0.1, -0.05) is 31.2 Å². The number of likely N-dealkylation sites (N-methyl/N-ethyl adjacent to an activating group) is 1. The van der Waals surface area contributed by atoms with Crippen molar-refractivity contribution < 1.29 is 14.1 Å². The van der Waals surface area contributed by atoms with E-state index in [4.69, 9.17) is 4.42 Å². The van der Waals surface area contributed by atoms with Gasteiger partial charge < -0.3 is 19.2 Å². The number of carbonyl (C=O) groups excluding carboxylic acids is 1. The van der Waals surface area contributed by atoms with Crippen molar-refractivity contribution in [2.75, 3.05) is 18.9 Å². The Morgan fingerprint density at radius 1 is 1.20 bits per heavy atom. The van der Waals surface area contributed by atoms with Crippen LogP contribution in [0.25, 0.3) is 0 Å². The van der Waals surface area contributed by atoms with Gasteiger partial charge in [0, 0.05) is 11.3 Å². The molecule has 0 aliphatic heterocycles. The van der Waals surface area contributed by atoms with Gasteiger partial charge in [-0.25, -0.2) is 0 Å². The summed E-state index contributed by atoms with van der Waals surface area (Å²) in [4.78, 5) is 13.9. The summed E-state index contributed by atoms with van der Waals surface area (Å²) < 4.78 is 7.40. The number of aryl methyl sites for hydroxylation is 1. The summed E-state index contributed by atoms with van der Waals surface area (Å²) >= 11 is 0. The van der Waals surface area contributed by atoms with Crippen LogP contribution in [0.2, 0.25) is 0 Å². The van der Waals surface area contributed by atoms with Crippen molar-refractivity contribution in [3.63, 3.8) is 0 Å². The van der Waals surface area contributed by atoms with Gasteiger partial charge in [-0.2, -0.15) is 5.26 Å². The lowest BCUT2D eigenvalue weighted by Gasteiger charge is -2.16. The summed E-state index contributed by atoms with van der Waals surface area (Å²) in [6, 6.07) is 14.5. The summed E-state index contributed by atoms with van der Waals surface area (Å²) in [5.41, 5.74) is 4.82. The molecule has 0 saturated carbocycles. The van der Waals surface area contributed by atoms with Gasteiger partial charge in [0.05, 0.1) is 25.4 Å². The molecule has 3 aromatic rings. The number of anilines is 1. The smallest absolute Gasteiger partial charge is 0.280 e. The number of carbonyl (C=O) groups is 1. The molecule has 0 aliphatic carbocycles. The fourth-order valence-electron chi connectivity index (χ4n) is 3.64. The number of hydrogen-bond donors (Lipinski definition) is 2. The number of nitriles is 1. The van der Waals surface area contributed by atoms with Crippen LogP contribution in [0.5, 0.6) is 0 Å². The first-order chi connectivity index (χ1) is 14.4. The predicted octanol–water partition coefficient (Wildman–Crippen LogP) is 2.83. The van der Waals surface area contributed by atoms with Crippen LogP contribution < -0.4 is 10.2 Å². The molecule has 1 atom stereocenters. The van der Waals surface area contributed by atoms with E-state index in [1.54, 1.807) is 6.26 Å². The standard InChI is InChI=1S/C24H28N4O2/c1-5-19-8-10-20(11-9-19)14-27(4)16-23(29)26-24-22(13-25)17(2)18(3)28(24)15-21-7-6-12-30-21/h6-12H,5,14-16H2,1-4H3,(H,26,29)/p+1. The molecule has 1 unspecified atom stereocenters. The van der Waals surface area contributed by atoms with Crippen LogP contribution >= 0.6 is 0 Å². The Morgan fingerprint density at radius 2 is 1.90 bits per heavy atom. The maximum Gasteiger partial charge on any atom is 0.280 e. The quantitative estimate of drug-likeness (QED) is 0.605. The van der Waals surface area contributed by atoms with Gasteiger partial charge in [0.1, 0.15) is 24.2 Å². The van der Waals surface area contributed by atoms with Gasteiger partial charge in [-0.15, -0.1) is 0 Å². The second-order valence-corrected chi connectivity index (χ2v) is 7.74. The molecular weight excluding hydrogens is 376 g/mol. The van der Waals surface area contributed by atoms with E-state index in [0.29, 0.717) is 24.5 Å². The Bertz CT molecular complexity index is 1040. The van der Waals surface area contributed by atoms with Crippen LogP contribution in [0.15, 0.2) is 47.1 Å². The van der Waals surface area contributed by atoms with Gasteiger partial charge in [-0.3, -0.25) is 4.79 Å². The zero-order valence-corrected chi connectivity index (χ0v) is 18.1. The molecular formula is C24H29N4O2+. The van der Waals surface area contributed by atoms with Crippen molar-refractivity contribution in [1.82, 2.24) is 4.57 Å². The summed E-state index contributed by atoms with van der Waals surface area (Å²) in [5.74, 6) is 1.19. The van der Waals surface area contributed by atoms with E-state index in [0.717, 1.165) is 34.9 Å². The SMILES string of the molecule is CCc1ccc(C[NH+](C)CC(=O)Nc2c(C#N)c(C)c(C)n2Cc2ccco2)cc1.